The minimum absolute atomic E-state index is 0.0889. The zero-order valence-electron chi connectivity index (χ0n) is 16.4. The average molecular weight is 455 g/mol. The van der Waals surface area contributed by atoms with Crippen LogP contribution in [0.15, 0.2) is 83.8 Å². The molecule has 1 aliphatic carbocycles. The molecular formula is C24H20ClFN2O2S. The third kappa shape index (κ3) is 3.82. The van der Waals surface area contributed by atoms with Gasteiger partial charge in [-0.3, -0.25) is 4.72 Å². The van der Waals surface area contributed by atoms with Gasteiger partial charge in [0.15, 0.2) is 0 Å². The van der Waals surface area contributed by atoms with E-state index in [9.17, 15) is 12.8 Å². The van der Waals surface area contributed by atoms with Crippen molar-refractivity contribution < 1.29 is 12.8 Å². The number of hydrogen-bond donors (Lipinski definition) is 2. The summed E-state index contributed by atoms with van der Waals surface area (Å²) in [5.74, 6) is -0.0358. The number of fused-ring (bicyclic) bond motifs is 3. The van der Waals surface area contributed by atoms with Gasteiger partial charge in [0, 0.05) is 22.3 Å². The lowest BCUT2D eigenvalue weighted by Gasteiger charge is -2.37. The van der Waals surface area contributed by atoms with Crippen LogP contribution < -0.4 is 10.0 Å². The molecule has 7 heteroatoms. The van der Waals surface area contributed by atoms with Crippen LogP contribution >= 0.6 is 11.6 Å². The molecule has 3 aromatic carbocycles. The van der Waals surface area contributed by atoms with E-state index in [0.29, 0.717) is 10.7 Å². The van der Waals surface area contributed by atoms with Crippen molar-refractivity contribution in [3.05, 3.63) is 101 Å². The summed E-state index contributed by atoms with van der Waals surface area (Å²) in [6, 6.07) is 18.3. The lowest BCUT2D eigenvalue weighted by atomic mass is 9.77. The van der Waals surface area contributed by atoms with E-state index in [1.165, 1.54) is 24.3 Å². The molecule has 4 nitrogen and oxygen atoms in total. The summed E-state index contributed by atoms with van der Waals surface area (Å²) < 4.78 is 41.5. The molecule has 0 spiro atoms. The van der Waals surface area contributed by atoms with Gasteiger partial charge in [0.2, 0.25) is 0 Å². The van der Waals surface area contributed by atoms with Gasteiger partial charge < -0.3 is 5.32 Å². The van der Waals surface area contributed by atoms with Crippen molar-refractivity contribution >= 4 is 33.0 Å². The lowest BCUT2D eigenvalue weighted by molar-refractivity contribution is 0.425. The number of sulfonamides is 1. The Bertz CT molecular complexity index is 1270. The van der Waals surface area contributed by atoms with Gasteiger partial charge in [0.05, 0.1) is 10.9 Å². The summed E-state index contributed by atoms with van der Waals surface area (Å²) in [7, 11) is -3.80. The van der Waals surface area contributed by atoms with Gasteiger partial charge in [-0.25, -0.2) is 12.8 Å². The molecule has 2 aliphatic rings. The van der Waals surface area contributed by atoms with Gasteiger partial charge in [-0.2, -0.15) is 0 Å². The predicted octanol–water partition coefficient (Wildman–Crippen LogP) is 6.11. The third-order valence-corrected chi connectivity index (χ3v) is 7.56. The molecule has 0 saturated carbocycles. The van der Waals surface area contributed by atoms with Crippen LogP contribution in [-0.4, -0.2) is 8.42 Å². The van der Waals surface area contributed by atoms with Crippen LogP contribution in [0.4, 0.5) is 15.8 Å². The Hall–Kier alpha value is -2.83. The highest BCUT2D eigenvalue weighted by Crippen LogP contribution is 2.50. The van der Waals surface area contributed by atoms with E-state index < -0.39 is 15.8 Å². The smallest absolute Gasteiger partial charge is 0.261 e. The number of nitrogens with one attached hydrogen (secondary N) is 2. The monoisotopic (exact) mass is 454 g/mol. The molecule has 0 fully saturated rings. The minimum atomic E-state index is -3.80. The largest absolute Gasteiger partial charge is 0.378 e. The Kier molecular flexibility index (Phi) is 4.99. The first-order chi connectivity index (χ1) is 14.9. The van der Waals surface area contributed by atoms with Gasteiger partial charge in [-0.15, -0.1) is 0 Å². The molecule has 0 radical (unpaired) electrons. The van der Waals surface area contributed by atoms with Crippen molar-refractivity contribution in [3.8, 4) is 0 Å². The zero-order valence-corrected chi connectivity index (χ0v) is 18.0. The molecule has 0 saturated heterocycles. The predicted molar refractivity (Wildman–Crippen MR) is 121 cm³/mol. The first-order valence-corrected chi connectivity index (χ1v) is 11.9. The molecule has 0 unspecified atom stereocenters. The molecule has 1 aliphatic heterocycles. The lowest BCUT2D eigenvalue weighted by Crippen LogP contribution is -2.29. The van der Waals surface area contributed by atoms with Crippen molar-refractivity contribution in [2.45, 2.75) is 23.3 Å². The number of hydrogen-bond acceptors (Lipinski definition) is 3. The molecule has 3 atom stereocenters. The second-order valence-corrected chi connectivity index (χ2v) is 10.0. The van der Waals surface area contributed by atoms with Gasteiger partial charge in [-0.1, -0.05) is 35.9 Å². The van der Waals surface area contributed by atoms with E-state index in [4.69, 9.17) is 11.6 Å². The molecule has 0 bridgehead atoms. The Morgan fingerprint density at radius 1 is 1.03 bits per heavy atom. The number of anilines is 2. The fraction of sp³-hybridized carbons (Fsp3) is 0.167. The average Bonchev–Trinajstić information content (AvgIpc) is 3.24. The maximum Gasteiger partial charge on any atom is 0.261 e. The standard InChI is InChI=1S/C24H20ClFN2O2S/c25-16-4-1-3-15(13-16)24-21-6-2-5-20(21)22-14-19(11-12-23(22)27-24)31(29,30)28-18-9-7-17(26)8-10-18/h1-5,7-14,20-21,24,27-28H,6H2/t20-,21+,24+/m0/s1. The number of allylic oxidation sites excluding steroid dienone is 2. The Balaban J connectivity index is 1.49. The Morgan fingerprint density at radius 3 is 2.61 bits per heavy atom. The van der Waals surface area contributed by atoms with Crippen molar-refractivity contribution in [1.82, 2.24) is 0 Å². The molecule has 3 aromatic rings. The third-order valence-electron chi connectivity index (χ3n) is 5.95. The van der Waals surface area contributed by atoms with Crippen LogP contribution in [0.3, 0.4) is 0 Å². The highest BCUT2D eigenvalue weighted by molar-refractivity contribution is 7.92. The maximum absolute atomic E-state index is 13.1. The van der Waals surface area contributed by atoms with Crippen molar-refractivity contribution in [2.24, 2.45) is 5.92 Å². The summed E-state index contributed by atoms with van der Waals surface area (Å²) in [5, 5.41) is 4.29. The van der Waals surface area contributed by atoms with E-state index in [0.717, 1.165) is 23.2 Å². The van der Waals surface area contributed by atoms with Gasteiger partial charge >= 0.3 is 0 Å². The second-order valence-electron chi connectivity index (χ2n) is 7.89. The first kappa shape index (κ1) is 20.1. The zero-order chi connectivity index (χ0) is 21.6. The van der Waals surface area contributed by atoms with Crippen molar-refractivity contribution in [3.63, 3.8) is 0 Å². The summed E-state index contributed by atoms with van der Waals surface area (Å²) in [6.45, 7) is 0. The second kappa shape index (κ2) is 7.70. The normalized spacial score (nSPS) is 21.8. The Labute approximate surface area is 185 Å². The summed E-state index contributed by atoms with van der Waals surface area (Å²) in [5.41, 5.74) is 3.31. The topological polar surface area (TPSA) is 58.2 Å². The van der Waals surface area contributed by atoms with E-state index in [1.807, 2.05) is 24.3 Å². The number of rotatable bonds is 4. The minimum Gasteiger partial charge on any atom is -0.378 e. The van der Waals surface area contributed by atoms with E-state index in [2.05, 4.69) is 28.3 Å². The molecule has 1 heterocycles. The fourth-order valence-electron chi connectivity index (χ4n) is 4.50. The van der Waals surface area contributed by atoms with Gasteiger partial charge in [0.1, 0.15) is 5.82 Å². The molecule has 0 aromatic heterocycles. The van der Waals surface area contributed by atoms with Gasteiger partial charge in [-0.05, 0) is 78.1 Å². The van der Waals surface area contributed by atoms with Crippen LogP contribution in [0.25, 0.3) is 0 Å². The maximum atomic E-state index is 13.1. The first-order valence-electron chi connectivity index (χ1n) is 10.0. The number of halogens is 2. The highest BCUT2D eigenvalue weighted by Gasteiger charge is 2.38. The summed E-state index contributed by atoms with van der Waals surface area (Å²) >= 11 is 6.22. The fourth-order valence-corrected chi connectivity index (χ4v) is 5.79. The molecule has 0 amide bonds. The van der Waals surface area contributed by atoms with E-state index in [1.54, 1.807) is 12.1 Å². The molecule has 31 heavy (non-hydrogen) atoms. The molecule has 158 valence electrons. The molecule has 2 N–H and O–H groups in total. The summed E-state index contributed by atoms with van der Waals surface area (Å²) in [4.78, 5) is 0.178. The Morgan fingerprint density at radius 2 is 1.84 bits per heavy atom. The highest BCUT2D eigenvalue weighted by atomic mass is 35.5. The molecular weight excluding hydrogens is 435 g/mol. The van der Waals surface area contributed by atoms with Crippen LogP contribution in [0.5, 0.6) is 0 Å². The molecule has 5 rings (SSSR count). The van der Waals surface area contributed by atoms with E-state index >= 15 is 0 Å². The van der Waals surface area contributed by atoms with Crippen LogP contribution in [-0.2, 0) is 10.0 Å². The SMILES string of the molecule is O=S(=O)(Nc1ccc(F)cc1)c1ccc2c(c1)[C@H]1C=CC[C@H]1[C@@H](c1cccc(Cl)c1)N2. The summed E-state index contributed by atoms with van der Waals surface area (Å²) in [6.07, 6.45) is 5.21. The quantitative estimate of drug-likeness (QED) is 0.468. The van der Waals surface area contributed by atoms with Crippen LogP contribution in [0.1, 0.15) is 29.5 Å². The van der Waals surface area contributed by atoms with Gasteiger partial charge in [0.25, 0.3) is 10.0 Å². The van der Waals surface area contributed by atoms with Crippen molar-refractivity contribution in [2.75, 3.05) is 10.0 Å². The van der Waals surface area contributed by atoms with Crippen LogP contribution in [0, 0.1) is 11.7 Å². The van der Waals surface area contributed by atoms with E-state index in [-0.39, 0.29) is 22.8 Å². The van der Waals surface area contributed by atoms with Crippen molar-refractivity contribution in [1.29, 1.82) is 0 Å². The number of benzene rings is 3. The van der Waals surface area contributed by atoms with Crippen LogP contribution in [0.2, 0.25) is 5.02 Å².